The molecule has 3 heteroatoms. The zero-order chi connectivity index (χ0) is 10.8. The minimum atomic E-state index is 0.0277. The lowest BCUT2D eigenvalue weighted by Crippen LogP contribution is -2.47. The number of carbonyl (C=O) groups is 1. The normalized spacial score (nSPS) is 18.3. The Balaban J connectivity index is 2.09. The molecule has 0 aliphatic carbocycles. The molecular weight excluding hydrogens is 254 g/mol. The van der Waals surface area contributed by atoms with Crippen LogP contribution in [0.15, 0.2) is 28.7 Å². The number of hydrogen-bond donors (Lipinski definition) is 0. The second-order valence-electron chi connectivity index (χ2n) is 3.94. The van der Waals surface area contributed by atoms with Gasteiger partial charge >= 0.3 is 0 Å². The Hall–Kier alpha value is -0.670. The van der Waals surface area contributed by atoms with Gasteiger partial charge in [0.05, 0.1) is 6.04 Å². The summed E-state index contributed by atoms with van der Waals surface area (Å²) in [6.07, 6.45) is 1.22. The number of carbonyl (C=O) groups excluding carboxylic acids is 1. The van der Waals surface area contributed by atoms with Crippen molar-refractivity contribution in [2.45, 2.75) is 19.4 Å². The van der Waals surface area contributed by atoms with Crippen LogP contribution in [-0.4, -0.2) is 29.8 Å². The molecule has 2 rings (SSSR count). The Morgan fingerprint density at radius 1 is 1.33 bits per heavy atom. The molecule has 1 saturated heterocycles. The average molecular weight is 268 g/mol. The van der Waals surface area contributed by atoms with E-state index in [1.165, 1.54) is 6.42 Å². The Kier molecular flexibility index (Phi) is 3.22. The van der Waals surface area contributed by atoms with Gasteiger partial charge in [0.15, 0.2) is 5.78 Å². The first-order chi connectivity index (χ1) is 7.18. The smallest absolute Gasteiger partial charge is 0.179 e. The first-order valence-electron chi connectivity index (χ1n) is 5.22. The standard InChI is InChI=1S/C12H14BrNO/c1-9(14-7-2-8-14)12(15)10-3-5-11(13)6-4-10/h3-6,9H,2,7-8H2,1H3. The third-order valence-electron chi connectivity index (χ3n) is 2.95. The largest absolute Gasteiger partial charge is 0.293 e. The fraction of sp³-hybridized carbons (Fsp3) is 0.417. The maximum Gasteiger partial charge on any atom is 0.179 e. The summed E-state index contributed by atoms with van der Waals surface area (Å²) < 4.78 is 1.01. The van der Waals surface area contributed by atoms with Crippen LogP contribution in [0, 0.1) is 0 Å². The van der Waals surface area contributed by atoms with Gasteiger partial charge in [0, 0.05) is 23.1 Å². The van der Waals surface area contributed by atoms with Crippen LogP contribution in [0.1, 0.15) is 23.7 Å². The lowest BCUT2D eigenvalue weighted by atomic mass is 10.0. The van der Waals surface area contributed by atoms with Crippen LogP contribution < -0.4 is 0 Å². The van der Waals surface area contributed by atoms with Crippen molar-refractivity contribution in [2.75, 3.05) is 13.1 Å². The fourth-order valence-corrected chi connectivity index (χ4v) is 2.01. The van der Waals surface area contributed by atoms with E-state index in [9.17, 15) is 4.79 Å². The molecule has 0 radical (unpaired) electrons. The van der Waals surface area contributed by atoms with Crippen LogP contribution in [0.25, 0.3) is 0 Å². The van der Waals surface area contributed by atoms with E-state index in [0.717, 1.165) is 23.1 Å². The second-order valence-corrected chi connectivity index (χ2v) is 4.85. The Morgan fingerprint density at radius 2 is 1.93 bits per heavy atom. The molecule has 1 atom stereocenters. The number of rotatable bonds is 3. The van der Waals surface area contributed by atoms with E-state index in [0.29, 0.717) is 0 Å². The van der Waals surface area contributed by atoms with E-state index < -0.39 is 0 Å². The minimum absolute atomic E-state index is 0.0277. The van der Waals surface area contributed by atoms with Crippen molar-refractivity contribution >= 4 is 21.7 Å². The predicted octanol–water partition coefficient (Wildman–Crippen LogP) is 2.73. The quantitative estimate of drug-likeness (QED) is 0.785. The predicted molar refractivity (Wildman–Crippen MR) is 64.1 cm³/mol. The Bertz CT molecular complexity index is 356. The Morgan fingerprint density at radius 3 is 2.40 bits per heavy atom. The van der Waals surface area contributed by atoms with E-state index in [-0.39, 0.29) is 11.8 Å². The summed E-state index contributed by atoms with van der Waals surface area (Å²) >= 11 is 3.36. The molecule has 0 amide bonds. The van der Waals surface area contributed by atoms with Crippen molar-refractivity contribution in [1.82, 2.24) is 4.90 Å². The minimum Gasteiger partial charge on any atom is -0.293 e. The third kappa shape index (κ3) is 2.29. The van der Waals surface area contributed by atoms with Gasteiger partial charge in [0.1, 0.15) is 0 Å². The van der Waals surface area contributed by atoms with Crippen molar-refractivity contribution in [1.29, 1.82) is 0 Å². The van der Waals surface area contributed by atoms with Crippen LogP contribution in [0.2, 0.25) is 0 Å². The van der Waals surface area contributed by atoms with Gasteiger partial charge in [-0.1, -0.05) is 28.1 Å². The first-order valence-corrected chi connectivity index (χ1v) is 6.01. The van der Waals surface area contributed by atoms with Gasteiger partial charge in [0.2, 0.25) is 0 Å². The van der Waals surface area contributed by atoms with E-state index in [1.54, 1.807) is 0 Å². The maximum absolute atomic E-state index is 12.0. The summed E-state index contributed by atoms with van der Waals surface area (Å²) in [6, 6.07) is 7.61. The van der Waals surface area contributed by atoms with E-state index in [4.69, 9.17) is 0 Å². The van der Waals surface area contributed by atoms with Crippen molar-refractivity contribution in [3.63, 3.8) is 0 Å². The van der Waals surface area contributed by atoms with Crippen molar-refractivity contribution in [3.05, 3.63) is 34.3 Å². The molecule has 1 fully saturated rings. The lowest BCUT2D eigenvalue weighted by molar-refractivity contribution is 0.0727. The average Bonchev–Trinajstić information content (AvgIpc) is 2.15. The monoisotopic (exact) mass is 267 g/mol. The molecule has 1 aromatic carbocycles. The van der Waals surface area contributed by atoms with Gasteiger partial charge in [-0.3, -0.25) is 9.69 Å². The summed E-state index contributed by atoms with van der Waals surface area (Å²) in [4.78, 5) is 14.2. The third-order valence-corrected chi connectivity index (χ3v) is 3.48. The molecule has 1 aromatic rings. The molecule has 80 valence electrons. The number of halogens is 1. The van der Waals surface area contributed by atoms with Crippen LogP contribution >= 0.6 is 15.9 Å². The highest BCUT2D eigenvalue weighted by Crippen LogP contribution is 2.17. The highest BCUT2D eigenvalue weighted by molar-refractivity contribution is 9.10. The maximum atomic E-state index is 12.0. The lowest BCUT2D eigenvalue weighted by Gasteiger charge is -2.35. The number of benzene rings is 1. The van der Waals surface area contributed by atoms with Gasteiger partial charge in [-0.2, -0.15) is 0 Å². The van der Waals surface area contributed by atoms with Crippen molar-refractivity contribution in [2.24, 2.45) is 0 Å². The van der Waals surface area contributed by atoms with Crippen molar-refractivity contribution in [3.8, 4) is 0 Å². The molecular formula is C12H14BrNO. The molecule has 0 bridgehead atoms. The van der Waals surface area contributed by atoms with E-state index in [1.807, 2.05) is 31.2 Å². The summed E-state index contributed by atoms with van der Waals surface area (Å²) in [5, 5.41) is 0. The number of ketones is 1. The zero-order valence-electron chi connectivity index (χ0n) is 8.74. The SMILES string of the molecule is CC(C(=O)c1ccc(Br)cc1)N1CCC1. The highest BCUT2D eigenvalue weighted by Gasteiger charge is 2.26. The second kappa shape index (κ2) is 4.45. The van der Waals surface area contributed by atoms with Gasteiger partial charge in [0.25, 0.3) is 0 Å². The topological polar surface area (TPSA) is 20.3 Å². The molecule has 1 aliphatic rings. The summed E-state index contributed by atoms with van der Waals surface area (Å²) in [7, 11) is 0. The zero-order valence-corrected chi connectivity index (χ0v) is 10.3. The fourth-order valence-electron chi connectivity index (χ4n) is 1.75. The van der Waals surface area contributed by atoms with Gasteiger partial charge in [-0.25, -0.2) is 0 Å². The molecule has 2 nitrogen and oxygen atoms in total. The summed E-state index contributed by atoms with van der Waals surface area (Å²) in [6.45, 7) is 4.11. The molecule has 0 spiro atoms. The number of likely N-dealkylation sites (tertiary alicyclic amines) is 1. The van der Waals surface area contributed by atoms with Gasteiger partial charge in [-0.15, -0.1) is 0 Å². The van der Waals surface area contributed by atoms with E-state index in [2.05, 4.69) is 20.8 Å². The number of hydrogen-bond acceptors (Lipinski definition) is 2. The molecule has 15 heavy (non-hydrogen) atoms. The van der Waals surface area contributed by atoms with Gasteiger partial charge in [-0.05, 0) is 25.5 Å². The molecule has 0 aromatic heterocycles. The number of Topliss-reactive ketones (excluding diaryl/α,β-unsaturated/α-hetero) is 1. The van der Waals surface area contributed by atoms with Crippen LogP contribution in [0.3, 0.4) is 0 Å². The summed E-state index contributed by atoms with van der Waals surface area (Å²) in [5.41, 5.74) is 0.803. The molecule has 1 heterocycles. The highest BCUT2D eigenvalue weighted by atomic mass is 79.9. The molecule has 1 aliphatic heterocycles. The molecule has 0 N–H and O–H groups in total. The first kappa shape index (κ1) is 10.8. The van der Waals surface area contributed by atoms with E-state index >= 15 is 0 Å². The van der Waals surface area contributed by atoms with Crippen molar-refractivity contribution < 1.29 is 4.79 Å². The van der Waals surface area contributed by atoms with Gasteiger partial charge < -0.3 is 0 Å². The van der Waals surface area contributed by atoms with Crippen LogP contribution in [0.5, 0.6) is 0 Å². The Labute approximate surface area is 98.4 Å². The molecule has 1 unspecified atom stereocenters. The molecule has 0 saturated carbocycles. The number of nitrogens with zero attached hydrogens (tertiary/aromatic N) is 1. The summed E-state index contributed by atoms with van der Waals surface area (Å²) in [5.74, 6) is 0.224. The van der Waals surface area contributed by atoms with Crippen LogP contribution in [0.4, 0.5) is 0 Å². The van der Waals surface area contributed by atoms with Crippen LogP contribution in [-0.2, 0) is 0 Å².